The van der Waals surface area contributed by atoms with Crippen LogP contribution in [0.2, 0.25) is 0 Å². The van der Waals surface area contributed by atoms with Gasteiger partial charge in [0.2, 0.25) is 0 Å². The highest BCUT2D eigenvalue weighted by atomic mass is 15.2. The summed E-state index contributed by atoms with van der Waals surface area (Å²) in [5, 5.41) is 7.29. The molecular weight excluding hydrogens is 282 g/mol. The van der Waals surface area contributed by atoms with Crippen molar-refractivity contribution >= 4 is 5.69 Å². The third-order valence-corrected chi connectivity index (χ3v) is 6.28. The Hall–Kier alpha value is -1.06. The summed E-state index contributed by atoms with van der Waals surface area (Å²) < 4.78 is 0. The van der Waals surface area contributed by atoms with Gasteiger partial charge in [-0.1, -0.05) is 32.9 Å². The van der Waals surface area contributed by atoms with Gasteiger partial charge < -0.3 is 15.5 Å². The van der Waals surface area contributed by atoms with Crippen LogP contribution in [-0.2, 0) is 12.0 Å². The van der Waals surface area contributed by atoms with Gasteiger partial charge in [0.25, 0.3) is 0 Å². The molecule has 3 rings (SSSR count). The third kappa shape index (κ3) is 2.89. The van der Waals surface area contributed by atoms with Crippen molar-refractivity contribution in [3.63, 3.8) is 0 Å². The van der Waals surface area contributed by atoms with E-state index >= 15 is 0 Å². The molecule has 0 aliphatic carbocycles. The van der Waals surface area contributed by atoms with Crippen molar-refractivity contribution in [2.45, 2.75) is 58.5 Å². The summed E-state index contributed by atoms with van der Waals surface area (Å²) in [5.41, 5.74) is 4.73. The number of nitrogens with zero attached hydrogens (tertiary/aromatic N) is 1. The molecule has 3 heteroatoms. The van der Waals surface area contributed by atoms with Crippen LogP contribution in [0.15, 0.2) is 18.2 Å². The van der Waals surface area contributed by atoms with E-state index in [1.165, 1.54) is 24.1 Å². The normalized spacial score (nSPS) is 26.0. The van der Waals surface area contributed by atoms with Gasteiger partial charge in [0.1, 0.15) is 0 Å². The summed E-state index contributed by atoms with van der Waals surface area (Å²) in [6.45, 7) is 12.8. The largest absolute Gasteiger partial charge is 0.371 e. The minimum Gasteiger partial charge on any atom is -0.371 e. The number of hydrogen-bond donors (Lipinski definition) is 2. The Bertz CT molecular complexity index is 554. The topological polar surface area (TPSA) is 27.3 Å². The van der Waals surface area contributed by atoms with Crippen LogP contribution in [0.1, 0.15) is 51.7 Å². The lowest BCUT2D eigenvalue weighted by Crippen LogP contribution is -2.53. The molecule has 128 valence electrons. The number of piperidine rings is 1. The Morgan fingerprint density at radius 3 is 2.48 bits per heavy atom. The third-order valence-electron chi connectivity index (χ3n) is 6.28. The maximum atomic E-state index is 3.81. The van der Waals surface area contributed by atoms with Crippen molar-refractivity contribution in [2.75, 3.05) is 31.6 Å². The molecule has 0 aromatic heterocycles. The van der Waals surface area contributed by atoms with Crippen LogP contribution in [0.4, 0.5) is 5.69 Å². The zero-order chi connectivity index (χ0) is 16.7. The summed E-state index contributed by atoms with van der Waals surface area (Å²) >= 11 is 0. The van der Waals surface area contributed by atoms with Gasteiger partial charge in [0, 0.05) is 30.9 Å². The molecule has 0 amide bonds. The van der Waals surface area contributed by atoms with E-state index in [4.69, 9.17) is 0 Å². The van der Waals surface area contributed by atoms with Crippen molar-refractivity contribution in [3.8, 4) is 0 Å². The number of hydrogen-bond acceptors (Lipinski definition) is 3. The fraction of sp³-hybridized carbons (Fsp3) is 0.700. The molecule has 2 aliphatic heterocycles. The quantitative estimate of drug-likeness (QED) is 0.877. The number of nitrogens with one attached hydrogen (secondary N) is 2. The Morgan fingerprint density at radius 2 is 1.83 bits per heavy atom. The minimum atomic E-state index is 0.0333. The molecule has 1 atom stereocenters. The molecule has 23 heavy (non-hydrogen) atoms. The lowest BCUT2D eigenvalue weighted by atomic mass is 9.67. The van der Waals surface area contributed by atoms with Crippen LogP contribution in [0.3, 0.4) is 0 Å². The average Bonchev–Trinajstić information content (AvgIpc) is 2.54. The molecule has 3 nitrogen and oxygen atoms in total. The van der Waals surface area contributed by atoms with E-state index in [0.29, 0.717) is 6.04 Å². The zero-order valence-corrected chi connectivity index (χ0v) is 15.5. The van der Waals surface area contributed by atoms with Crippen molar-refractivity contribution in [1.82, 2.24) is 10.6 Å². The van der Waals surface area contributed by atoms with Gasteiger partial charge in [0.05, 0.1) is 0 Å². The fourth-order valence-electron chi connectivity index (χ4n) is 4.23. The molecule has 1 saturated heterocycles. The van der Waals surface area contributed by atoms with E-state index in [-0.39, 0.29) is 11.0 Å². The Labute approximate surface area is 141 Å². The Kier molecular flexibility index (Phi) is 4.45. The second-order valence-corrected chi connectivity index (χ2v) is 8.45. The van der Waals surface area contributed by atoms with Gasteiger partial charge in [-0.25, -0.2) is 0 Å². The first kappa shape index (κ1) is 16.8. The van der Waals surface area contributed by atoms with E-state index in [1.807, 2.05) is 0 Å². The van der Waals surface area contributed by atoms with E-state index in [2.05, 4.69) is 68.5 Å². The van der Waals surface area contributed by atoms with Gasteiger partial charge in [0.15, 0.2) is 0 Å². The second kappa shape index (κ2) is 6.10. The van der Waals surface area contributed by atoms with Crippen molar-refractivity contribution in [1.29, 1.82) is 0 Å². The maximum Gasteiger partial charge on any atom is 0.0458 e. The summed E-state index contributed by atoms with van der Waals surface area (Å²) in [6, 6.07) is 7.59. The second-order valence-electron chi connectivity index (χ2n) is 8.45. The first-order valence-corrected chi connectivity index (χ1v) is 9.15. The van der Waals surface area contributed by atoms with Crippen LogP contribution in [0.25, 0.3) is 0 Å². The van der Waals surface area contributed by atoms with Crippen molar-refractivity contribution < 1.29 is 0 Å². The summed E-state index contributed by atoms with van der Waals surface area (Å²) in [4.78, 5) is 2.55. The molecule has 0 spiro atoms. The van der Waals surface area contributed by atoms with Crippen LogP contribution < -0.4 is 15.5 Å². The van der Waals surface area contributed by atoms with Gasteiger partial charge >= 0.3 is 0 Å². The Morgan fingerprint density at radius 1 is 1.13 bits per heavy atom. The number of anilines is 1. The number of rotatable bonds is 2. The summed E-state index contributed by atoms with van der Waals surface area (Å²) in [6.07, 6.45) is 3.62. The number of benzene rings is 1. The van der Waals surface area contributed by atoms with Crippen LogP contribution in [0, 0.1) is 5.41 Å². The highest BCUT2D eigenvalue weighted by Crippen LogP contribution is 2.44. The smallest absolute Gasteiger partial charge is 0.0458 e. The van der Waals surface area contributed by atoms with Gasteiger partial charge in [-0.05, 0) is 61.9 Å². The summed E-state index contributed by atoms with van der Waals surface area (Å²) in [7, 11) is 2.29. The molecule has 1 unspecified atom stereocenters. The van der Waals surface area contributed by atoms with Crippen LogP contribution in [-0.4, -0.2) is 32.7 Å². The first-order valence-electron chi connectivity index (χ1n) is 9.15. The molecule has 2 heterocycles. The molecule has 1 aromatic carbocycles. The predicted molar refractivity (Wildman–Crippen MR) is 99.3 cm³/mol. The molecule has 0 bridgehead atoms. The average molecular weight is 316 g/mol. The van der Waals surface area contributed by atoms with Gasteiger partial charge in [-0.3, -0.25) is 0 Å². The van der Waals surface area contributed by atoms with Crippen molar-refractivity contribution in [2.24, 2.45) is 5.41 Å². The van der Waals surface area contributed by atoms with Gasteiger partial charge in [-0.2, -0.15) is 0 Å². The summed E-state index contributed by atoms with van der Waals surface area (Å²) in [5.74, 6) is 0. The molecular formula is C20H33N3. The molecule has 0 saturated carbocycles. The van der Waals surface area contributed by atoms with Crippen molar-refractivity contribution in [3.05, 3.63) is 29.3 Å². The Balaban J connectivity index is 2.00. The van der Waals surface area contributed by atoms with E-state index in [0.717, 1.165) is 26.1 Å². The van der Waals surface area contributed by atoms with E-state index in [9.17, 15) is 0 Å². The standard InChI is InChI=1S/C20H33N3/c1-19(2,3)20(4)17-7-6-8-18(16(17)11-14-22-20)23(5)15-9-12-21-13-10-15/h6-8,15,21-22H,9-14H2,1-5H3. The highest BCUT2D eigenvalue weighted by molar-refractivity contribution is 5.60. The molecule has 1 fully saturated rings. The van der Waals surface area contributed by atoms with Crippen LogP contribution >= 0.6 is 0 Å². The minimum absolute atomic E-state index is 0.0333. The maximum absolute atomic E-state index is 3.81. The monoisotopic (exact) mass is 315 g/mol. The van der Waals surface area contributed by atoms with Crippen LogP contribution in [0.5, 0.6) is 0 Å². The SMILES string of the molecule is CN(c1cccc2c1CCNC2(C)C(C)(C)C)C1CCNCC1. The lowest BCUT2D eigenvalue weighted by Gasteiger charge is -2.48. The first-order chi connectivity index (χ1) is 10.8. The zero-order valence-electron chi connectivity index (χ0n) is 15.5. The molecule has 0 radical (unpaired) electrons. The van der Waals surface area contributed by atoms with Gasteiger partial charge in [-0.15, -0.1) is 0 Å². The van der Waals surface area contributed by atoms with E-state index in [1.54, 1.807) is 5.56 Å². The molecule has 2 aliphatic rings. The fourth-order valence-corrected chi connectivity index (χ4v) is 4.23. The highest BCUT2D eigenvalue weighted by Gasteiger charge is 2.42. The predicted octanol–water partition coefficient (Wildman–Crippen LogP) is 3.28. The van der Waals surface area contributed by atoms with E-state index < -0.39 is 0 Å². The molecule has 2 N–H and O–H groups in total. The number of fused-ring (bicyclic) bond motifs is 1. The lowest BCUT2D eigenvalue weighted by molar-refractivity contribution is 0.148. The molecule has 1 aromatic rings.